The molecule has 1 aliphatic carbocycles. The van der Waals surface area contributed by atoms with Gasteiger partial charge in [-0.25, -0.2) is 21.6 Å². The van der Waals surface area contributed by atoms with Crippen LogP contribution in [0.5, 0.6) is 0 Å². The van der Waals surface area contributed by atoms with Gasteiger partial charge in [0.1, 0.15) is 9.84 Å². The van der Waals surface area contributed by atoms with Crippen LogP contribution in [0.25, 0.3) is 0 Å². The first-order valence-corrected chi connectivity index (χ1v) is 8.32. The van der Waals surface area contributed by atoms with Gasteiger partial charge in [0.25, 0.3) is 0 Å². The van der Waals surface area contributed by atoms with Crippen molar-refractivity contribution >= 4 is 19.9 Å². The summed E-state index contributed by atoms with van der Waals surface area (Å²) in [5.74, 6) is -0.724. The highest BCUT2D eigenvalue weighted by Crippen LogP contribution is 2.18. The maximum Gasteiger partial charge on any atom is 0.212 e. The molecule has 1 fully saturated rings. The van der Waals surface area contributed by atoms with E-state index in [1.165, 1.54) is 0 Å². The summed E-state index contributed by atoms with van der Waals surface area (Å²) in [5, 5.41) is 0. The highest BCUT2D eigenvalue weighted by molar-refractivity contribution is 7.93. The summed E-state index contributed by atoms with van der Waals surface area (Å²) in [6.45, 7) is 0. The average molecular weight is 256 g/mol. The second kappa shape index (κ2) is 4.36. The molecule has 1 aliphatic rings. The van der Waals surface area contributed by atoms with Crippen LogP contribution in [-0.4, -0.2) is 46.7 Å². The lowest BCUT2D eigenvalue weighted by Gasteiger charge is -2.32. The Morgan fingerprint density at radius 1 is 1.20 bits per heavy atom. The predicted molar refractivity (Wildman–Crippen MR) is 57.6 cm³/mol. The van der Waals surface area contributed by atoms with Crippen LogP contribution in [0.3, 0.4) is 0 Å². The Bertz CT molecular complexity index is 408. The molecule has 0 amide bonds. The van der Waals surface area contributed by atoms with E-state index >= 15 is 0 Å². The minimum absolute atomic E-state index is 0.0626. The van der Waals surface area contributed by atoms with Crippen molar-refractivity contribution in [3.05, 3.63) is 0 Å². The van der Waals surface area contributed by atoms with Gasteiger partial charge in [0.15, 0.2) is 0 Å². The van der Waals surface area contributed by atoms with E-state index in [0.717, 1.165) is 6.26 Å². The summed E-state index contributed by atoms with van der Waals surface area (Å²) in [6.07, 6.45) is 2.26. The number of sulfonamides is 1. The van der Waals surface area contributed by atoms with Crippen LogP contribution in [0.1, 0.15) is 12.8 Å². The Hall–Kier alpha value is -0.180. The Labute approximate surface area is 90.2 Å². The van der Waals surface area contributed by atoms with Crippen LogP contribution < -0.4 is 10.5 Å². The zero-order valence-electron chi connectivity index (χ0n) is 8.51. The molecular weight excluding hydrogens is 240 g/mol. The van der Waals surface area contributed by atoms with Gasteiger partial charge < -0.3 is 5.73 Å². The first kappa shape index (κ1) is 12.9. The Kier molecular flexibility index (Phi) is 3.75. The predicted octanol–water partition coefficient (Wildman–Crippen LogP) is -1.56. The van der Waals surface area contributed by atoms with Crippen molar-refractivity contribution in [2.45, 2.75) is 24.9 Å². The Morgan fingerprint density at radius 2 is 1.73 bits per heavy atom. The first-order valence-electron chi connectivity index (χ1n) is 4.61. The van der Waals surface area contributed by atoms with Crippen LogP contribution in [0.15, 0.2) is 0 Å². The van der Waals surface area contributed by atoms with Crippen LogP contribution in [0.4, 0.5) is 0 Å². The van der Waals surface area contributed by atoms with Gasteiger partial charge in [-0.05, 0) is 12.8 Å². The van der Waals surface area contributed by atoms with Crippen molar-refractivity contribution in [1.82, 2.24) is 4.72 Å². The minimum Gasteiger partial charge on any atom is -0.328 e. The molecule has 1 saturated carbocycles. The van der Waals surface area contributed by atoms with Gasteiger partial charge in [0.2, 0.25) is 10.0 Å². The summed E-state index contributed by atoms with van der Waals surface area (Å²) in [6, 6.07) is -0.0582. The van der Waals surface area contributed by atoms with Gasteiger partial charge in [-0.2, -0.15) is 0 Å². The number of hydrogen-bond acceptors (Lipinski definition) is 5. The molecule has 0 aromatic heterocycles. The topological polar surface area (TPSA) is 106 Å². The molecule has 0 bridgehead atoms. The van der Waals surface area contributed by atoms with E-state index in [-0.39, 0.29) is 23.6 Å². The molecule has 8 heteroatoms. The van der Waals surface area contributed by atoms with E-state index in [1.807, 2.05) is 0 Å². The normalized spacial score (nSPS) is 27.3. The molecule has 0 unspecified atom stereocenters. The van der Waals surface area contributed by atoms with E-state index in [2.05, 4.69) is 4.72 Å². The second-order valence-electron chi connectivity index (χ2n) is 4.00. The fourth-order valence-corrected chi connectivity index (χ4v) is 4.24. The molecule has 3 N–H and O–H groups in total. The smallest absolute Gasteiger partial charge is 0.212 e. The van der Waals surface area contributed by atoms with Crippen molar-refractivity contribution in [2.24, 2.45) is 5.73 Å². The van der Waals surface area contributed by atoms with E-state index in [0.29, 0.717) is 12.8 Å². The lowest BCUT2D eigenvalue weighted by molar-refractivity contribution is 0.327. The van der Waals surface area contributed by atoms with Crippen molar-refractivity contribution in [3.63, 3.8) is 0 Å². The third kappa shape index (κ3) is 4.92. The molecule has 0 atom stereocenters. The van der Waals surface area contributed by atoms with Crippen LogP contribution in [0, 0.1) is 0 Å². The molecule has 0 radical (unpaired) electrons. The third-order valence-corrected chi connectivity index (χ3v) is 4.88. The van der Waals surface area contributed by atoms with Crippen molar-refractivity contribution in [2.75, 3.05) is 17.8 Å². The molecule has 0 aliphatic heterocycles. The first-order chi connectivity index (χ1) is 6.68. The molecule has 0 aromatic rings. The highest BCUT2D eigenvalue weighted by Gasteiger charge is 2.29. The monoisotopic (exact) mass is 256 g/mol. The number of rotatable bonds is 5. The molecule has 90 valence electrons. The molecular formula is C7H16N2O4S2. The van der Waals surface area contributed by atoms with Crippen LogP contribution >= 0.6 is 0 Å². The maximum atomic E-state index is 11.4. The van der Waals surface area contributed by atoms with Gasteiger partial charge in [0.05, 0.1) is 11.5 Å². The number of nitrogens with two attached hydrogens (primary N) is 1. The zero-order chi connectivity index (χ0) is 11.7. The highest BCUT2D eigenvalue weighted by atomic mass is 32.2. The minimum atomic E-state index is -3.48. The fraction of sp³-hybridized carbons (Fsp3) is 1.00. The molecule has 0 spiro atoms. The van der Waals surface area contributed by atoms with Crippen LogP contribution in [0.2, 0.25) is 0 Å². The number of sulfone groups is 1. The van der Waals surface area contributed by atoms with Gasteiger partial charge in [-0.3, -0.25) is 0 Å². The summed E-state index contributed by atoms with van der Waals surface area (Å²) in [5.41, 5.74) is 5.50. The van der Waals surface area contributed by atoms with E-state index in [1.54, 1.807) is 0 Å². The maximum absolute atomic E-state index is 11.4. The van der Waals surface area contributed by atoms with Gasteiger partial charge in [-0.1, -0.05) is 0 Å². The largest absolute Gasteiger partial charge is 0.328 e. The Balaban J connectivity index is 2.39. The quantitative estimate of drug-likeness (QED) is 0.619. The van der Waals surface area contributed by atoms with E-state index in [4.69, 9.17) is 5.73 Å². The van der Waals surface area contributed by atoms with Crippen molar-refractivity contribution in [1.29, 1.82) is 0 Å². The molecule has 0 heterocycles. The van der Waals surface area contributed by atoms with Gasteiger partial charge in [0, 0.05) is 18.3 Å². The summed E-state index contributed by atoms with van der Waals surface area (Å²) >= 11 is 0. The van der Waals surface area contributed by atoms with Gasteiger partial charge in [-0.15, -0.1) is 0 Å². The average Bonchev–Trinajstić information content (AvgIpc) is 1.97. The molecule has 0 aromatic carbocycles. The van der Waals surface area contributed by atoms with E-state index < -0.39 is 19.9 Å². The summed E-state index contributed by atoms with van der Waals surface area (Å²) in [7, 11) is -6.72. The summed E-state index contributed by atoms with van der Waals surface area (Å²) < 4.78 is 46.7. The third-order valence-electron chi connectivity index (χ3n) is 2.24. The SMILES string of the molecule is CS(=O)(=O)CCS(=O)(=O)NC1CC(N)C1. The zero-order valence-corrected chi connectivity index (χ0v) is 10.1. The molecule has 1 rings (SSSR count). The van der Waals surface area contributed by atoms with Crippen LogP contribution in [-0.2, 0) is 19.9 Å². The standard InChI is InChI=1S/C7H16N2O4S2/c1-14(10,11)2-3-15(12,13)9-7-4-6(8)5-7/h6-7,9H,2-5,8H2,1H3. The summed E-state index contributed by atoms with van der Waals surface area (Å²) in [4.78, 5) is 0. The van der Waals surface area contributed by atoms with E-state index in [9.17, 15) is 16.8 Å². The molecule has 15 heavy (non-hydrogen) atoms. The van der Waals surface area contributed by atoms with Crippen molar-refractivity contribution in [3.8, 4) is 0 Å². The lowest BCUT2D eigenvalue weighted by Crippen LogP contribution is -2.51. The number of hydrogen-bond donors (Lipinski definition) is 2. The van der Waals surface area contributed by atoms with Crippen molar-refractivity contribution < 1.29 is 16.8 Å². The Morgan fingerprint density at radius 3 is 2.13 bits per heavy atom. The fourth-order valence-electron chi connectivity index (χ4n) is 1.33. The lowest BCUT2D eigenvalue weighted by atomic mass is 9.89. The second-order valence-corrected chi connectivity index (χ2v) is 8.13. The molecule has 6 nitrogen and oxygen atoms in total. The molecule has 0 saturated heterocycles. The number of nitrogens with one attached hydrogen (secondary N) is 1. The van der Waals surface area contributed by atoms with Gasteiger partial charge >= 0.3 is 0 Å².